The highest BCUT2D eigenvalue weighted by molar-refractivity contribution is 5.72. The maximum atomic E-state index is 5.09. The first-order chi connectivity index (χ1) is 7.17. The van der Waals surface area contributed by atoms with Crippen LogP contribution in [0.25, 0.3) is 5.57 Å². The zero-order valence-corrected chi connectivity index (χ0v) is 9.50. The van der Waals surface area contributed by atoms with Crippen LogP contribution in [-0.2, 0) is 0 Å². The molecule has 2 heteroatoms. The predicted molar refractivity (Wildman–Crippen MR) is 64.8 cm³/mol. The minimum atomic E-state index is 0.862. The third-order valence-electron chi connectivity index (χ3n) is 2.25. The zero-order valence-electron chi connectivity index (χ0n) is 9.50. The van der Waals surface area contributed by atoms with Gasteiger partial charge >= 0.3 is 0 Å². The summed E-state index contributed by atoms with van der Waals surface area (Å²) < 4.78 is 5.09. The van der Waals surface area contributed by atoms with E-state index in [1.807, 2.05) is 44.3 Å². The van der Waals surface area contributed by atoms with E-state index < -0.39 is 0 Å². The summed E-state index contributed by atoms with van der Waals surface area (Å²) in [5.74, 6) is 0.862. The summed E-state index contributed by atoms with van der Waals surface area (Å²) in [5, 5.41) is 3.06. The minimum Gasteiger partial charge on any atom is -0.497 e. The van der Waals surface area contributed by atoms with Gasteiger partial charge in [0.1, 0.15) is 5.75 Å². The van der Waals surface area contributed by atoms with Crippen LogP contribution in [0.2, 0.25) is 0 Å². The van der Waals surface area contributed by atoms with Crippen LogP contribution in [-0.4, -0.2) is 14.2 Å². The second kappa shape index (κ2) is 5.25. The molecule has 0 aliphatic rings. The minimum absolute atomic E-state index is 0.862. The Kier molecular flexibility index (Phi) is 3.98. The van der Waals surface area contributed by atoms with E-state index in [1.165, 1.54) is 0 Å². The first-order valence-electron chi connectivity index (χ1n) is 4.86. The highest BCUT2D eigenvalue weighted by atomic mass is 16.5. The summed E-state index contributed by atoms with van der Waals surface area (Å²) in [7, 11) is 3.56. The van der Waals surface area contributed by atoms with Gasteiger partial charge in [-0.1, -0.05) is 18.7 Å². The monoisotopic (exact) mass is 203 g/mol. The van der Waals surface area contributed by atoms with Crippen molar-refractivity contribution in [3.05, 3.63) is 48.2 Å². The van der Waals surface area contributed by atoms with Crippen LogP contribution in [0.15, 0.2) is 42.6 Å². The summed E-state index contributed by atoms with van der Waals surface area (Å²) in [5.41, 5.74) is 3.19. The van der Waals surface area contributed by atoms with Crippen LogP contribution in [0.3, 0.4) is 0 Å². The molecule has 1 aromatic carbocycles. The molecule has 1 aromatic rings. The molecule has 2 nitrogen and oxygen atoms in total. The molecule has 1 rings (SSSR count). The lowest BCUT2D eigenvalue weighted by Gasteiger charge is -2.05. The Morgan fingerprint density at radius 3 is 2.40 bits per heavy atom. The van der Waals surface area contributed by atoms with Crippen molar-refractivity contribution in [2.45, 2.75) is 6.92 Å². The molecule has 0 aliphatic carbocycles. The molecule has 0 atom stereocenters. The van der Waals surface area contributed by atoms with Crippen molar-refractivity contribution in [1.29, 1.82) is 0 Å². The largest absolute Gasteiger partial charge is 0.497 e. The quantitative estimate of drug-likeness (QED) is 0.760. The van der Waals surface area contributed by atoms with E-state index in [9.17, 15) is 0 Å². The van der Waals surface area contributed by atoms with E-state index in [2.05, 4.69) is 11.9 Å². The molecule has 15 heavy (non-hydrogen) atoms. The molecule has 0 spiro atoms. The summed E-state index contributed by atoms with van der Waals surface area (Å²) in [4.78, 5) is 0. The van der Waals surface area contributed by atoms with Crippen molar-refractivity contribution < 1.29 is 4.74 Å². The molecule has 1 N–H and O–H groups in total. The van der Waals surface area contributed by atoms with Gasteiger partial charge in [0.15, 0.2) is 0 Å². The molecule has 0 bridgehead atoms. The number of allylic oxidation sites excluding steroid dienone is 3. The molecular formula is C13H17NO. The molecule has 0 amide bonds. The Bertz CT molecular complexity index is 363. The number of nitrogens with one attached hydrogen (secondary N) is 1. The molecule has 0 unspecified atom stereocenters. The standard InChI is InChI=1S/C13H17NO/c1-10(9-11(2)14-3)12-5-7-13(15-4)8-6-12/h5-9,14H,1H2,2-4H3/b11-9-. The molecule has 0 aromatic heterocycles. The van der Waals surface area contributed by atoms with Gasteiger partial charge < -0.3 is 10.1 Å². The smallest absolute Gasteiger partial charge is 0.118 e. The average molecular weight is 203 g/mol. The van der Waals surface area contributed by atoms with E-state index in [1.54, 1.807) is 7.11 Å². The zero-order chi connectivity index (χ0) is 11.3. The van der Waals surface area contributed by atoms with Gasteiger partial charge in [0.2, 0.25) is 0 Å². The Balaban J connectivity index is 2.83. The van der Waals surface area contributed by atoms with Gasteiger partial charge in [0.05, 0.1) is 7.11 Å². The van der Waals surface area contributed by atoms with Gasteiger partial charge in [0, 0.05) is 12.7 Å². The highest BCUT2D eigenvalue weighted by Gasteiger charge is 1.97. The van der Waals surface area contributed by atoms with Crippen molar-refractivity contribution in [1.82, 2.24) is 5.32 Å². The van der Waals surface area contributed by atoms with Gasteiger partial charge in [-0.3, -0.25) is 0 Å². The fourth-order valence-corrected chi connectivity index (χ4v) is 1.22. The van der Waals surface area contributed by atoms with Crippen LogP contribution in [0.1, 0.15) is 12.5 Å². The molecular weight excluding hydrogens is 186 g/mol. The lowest BCUT2D eigenvalue weighted by Crippen LogP contribution is -2.01. The summed E-state index contributed by atoms with van der Waals surface area (Å²) >= 11 is 0. The van der Waals surface area contributed by atoms with Crippen molar-refractivity contribution in [3.8, 4) is 5.75 Å². The number of methoxy groups -OCH3 is 1. The fraction of sp³-hybridized carbons (Fsp3) is 0.231. The van der Waals surface area contributed by atoms with Gasteiger partial charge in [-0.05, 0) is 36.3 Å². The van der Waals surface area contributed by atoms with Crippen LogP contribution in [0.4, 0.5) is 0 Å². The highest BCUT2D eigenvalue weighted by Crippen LogP contribution is 2.18. The SMILES string of the molecule is C=C(/C=C(/C)NC)c1ccc(OC)cc1. The van der Waals surface area contributed by atoms with Crippen LogP contribution in [0.5, 0.6) is 5.75 Å². The van der Waals surface area contributed by atoms with Gasteiger partial charge in [0.25, 0.3) is 0 Å². The molecule has 0 fully saturated rings. The predicted octanol–water partition coefficient (Wildman–Crippen LogP) is 2.83. The first-order valence-corrected chi connectivity index (χ1v) is 4.86. The normalized spacial score (nSPS) is 11.0. The number of ether oxygens (including phenoxy) is 1. The van der Waals surface area contributed by atoms with E-state index in [0.29, 0.717) is 0 Å². The summed E-state index contributed by atoms with van der Waals surface area (Å²) in [6, 6.07) is 7.87. The third kappa shape index (κ3) is 3.17. The summed E-state index contributed by atoms with van der Waals surface area (Å²) in [6.45, 7) is 6.02. The van der Waals surface area contributed by atoms with E-state index in [4.69, 9.17) is 4.74 Å². The van der Waals surface area contributed by atoms with E-state index in [-0.39, 0.29) is 0 Å². The van der Waals surface area contributed by atoms with Crippen LogP contribution < -0.4 is 10.1 Å². The molecule has 0 radical (unpaired) electrons. The Labute approximate surface area is 91.3 Å². The molecule has 0 aliphatic heterocycles. The average Bonchev–Trinajstić information content (AvgIpc) is 2.29. The lowest BCUT2D eigenvalue weighted by molar-refractivity contribution is 0.415. The van der Waals surface area contributed by atoms with Crippen LogP contribution >= 0.6 is 0 Å². The van der Waals surface area contributed by atoms with Gasteiger partial charge in [-0.15, -0.1) is 0 Å². The first kappa shape index (κ1) is 11.4. The Morgan fingerprint density at radius 1 is 1.33 bits per heavy atom. The number of hydrogen-bond donors (Lipinski definition) is 1. The van der Waals surface area contributed by atoms with E-state index in [0.717, 1.165) is 22.6 Å². The Morgan fingerprint density at radius 2 is 1.93 bits per heavy atom. The van der Waals surface area contributed by atoms with E-state index >= 15 is 0 Å². The molecule has 0 saturated heterocycles. The van der Waals surface area contributed by atoms with Gasteiger partial charge in [-0.2, -0.15) is 0 Å². The summed E-state index contributed by atoms with van der Waals surface area (Å²) in [6.07, 6.45) is 2.02. The molecule has 80 valence electrons. The lowest BCUT2D eigenvalue weighted by atomic mass is 10.1. The van der Waals surface area contributed by atoms with Crippen molar-refractivity contribution in [2.75, 3.05) is 14.2 Å². The molecule has 0 heterocycles. The van der Waals surface area contributed by atoms with Crippen LogP contribution in [0, 0.1) is 0 Å². The number of benzene rings is 1. The second-order valence-electron chi connectivity index (χ2n) is 3.33. The van der Waals surface area contributed by atoms with Crippen molar-refractivity contribution in [3.63, 3.8) is 0 Å². The van der Waals surface area contributed by atoms with Gasteiger partial charge in [-0.25, -0.2) is 0 Å². The number of rotatable bonds is 4. The maximum absolute atomic E-state index is 5.09. The van der Waals surface area contributed by atoms with Crippen molar-refractivity contribution in [2.24, 2.45) is 0 Å². The second-order valence-corrected chi connectivity index (χ2v) is 3.33. The fourth-order valence-electron chi connectivity index (χ4n) is 1.22. The topological polar surface area (TPSA) is 21.3 Å². The maximum Gasteiger partial charge on any atom is 0.118 e. The number of hydrogen-bond acceptors (Lipinski definition) is 2. The van der Waals surface area contributed by atoms with Crippen molar-refractivity contribution >= 4 is 5.57 Å². The third-order valence-corrected chi connectivity index (χ3v) is 2.25. The Hall–Kier alpha value is -1.70. The molecule has 0 saturated carbocycles.